The van der Waals surface area contributed by atoms with Crippen molar-refractivity contribution < 1.29 is 9.26 Å². The van der Waals surface area contributed by atoms with Gasteiger partial charge in [-0.15, -0.1) is 0 Å². The van der Waals surface area contributed by atoms with Crippen molar-refractivity contribution >= 4 is 5.69 Å². The Hall–Kier alpha value is -2.89. The first kappa shape index (κ1) is 13.8. The average Bonchev–Trinajstić information content (AvgIpc) is 2.98. The molecule has 6 heteroatoms. The van der Waals surface area contributed by atoms with Crippen LogP contribution in [-0.2, 0) is 6.54 Å². The number of anilines is 1. The van der Waals surface area contributed by atoms with Crippen LogP contribution in [0.5, 0.6) is 5.75 Å². The van der Waals surface area contributed by atoms with Gasteiger partial charge in [0.2, 0.25) is 11.7 Å². The average molecular weight is 308 g/mol. The Morgan fingerprint density at radius 1 is 1.13 bits per heavy atom. The van der Waals surface area contributed by atoms with Gasteiger partial charge in [-0.05, 0) is 30.7 Å². The Morgan fingerprint density at radius 2 is 2.09 bits per heavy atom. The van der Waals surface area contributed by atoms with Gasteiger partial charge < -0.3 is 14.2 Å². The first-order valence-corrected chi connectivity index (χ1v) is 7.60. The van der Waals surface area contributed by atoms with Gasteiger partial charge in [0.25, 0.3) is 0 Å². The number of fused-ring (bicyclic) bond motifs is 1. The molecule has 0 saturated heterocycles. The van der Waals surface area contributed by atoms with Crippen LogP contribution in [0.1, 0.15) is 12.3 Å². The lowest BCUT2D eigenvalue weighted by atomic mass is 10.2. The van der Waals surface area contributed by atoms with E-state index in [0.717, 1.165) is 36.6 Å². The molecule has 3 aromatic rings. The minimum absolute atomic E-state index is 0.562. The van der Waals surface area contributed by atoms with Gasteiger partial charge in [0, 0.05) is 24.5 Å². The van der Waals surface area contributed by atoms with E-state index in [0.29, 0.717) is 18.3 Å². The lowest BCUT2D eigenvalue weighted by Gasteiger charge is -2.21. The third-order valence-electron chi connectivity index (χ3n) is 3.75. The Kier molecular flexibility index (Phi) is 3.63. The number of nitrogens with zero attached hydrogens (tertiary/aromatic N) is 4. The summed E-state index contributed by atoms with van der Waals surface area (Å²) in [5.74, 6) is 2.05. The lowest BCUT2D eigenvalue weighted by molar-refractivity contribution is 0.322. The molecule has 0 spiro atoms. The zero-order valence-corrected chi connectivity index (χ0v) is 12.6. The highest BCUT2D eigenvalue weighted by molar-refractivity contribution is 5.59. The van der Waals surface area contributed by atoms with E-state index >= 15 is 0 Å². The molecule has 4 rings (SSSR count). The SMILES string of the molecule is c1cncc(-c2noc(CN3CCCOc4ccccc43)n2)c1. The van der Waals surface area contributed by atoms with Crippen molar-refractivity contribution in [3.8, 4) is 17.1 Å². The van der Waals surface area contributed by atoms with Crippen LogP contribution >= 0.6 is 0 Å². The van der Waals surface area contributed by atoms with Crippen LogP contribution in [0, 0.1) is 0 Å². The molecule has 0 atom stereocenters. The van der Waals surface area contributed by atoms with Crippen LogP contribution in [0.15, 0.2) is 53.3 Å². The highest BCUT2D eigenvalue weighted by atomic mass is 16.5. The van der Waals surface area contributed by atoms with Crippen LogP contribution in [-0.4, -0.2) is 28.3 Å². The third kappa shape index (κ3) is 2.88. The molecule has 1 aliphatic rings. The van der Waals surface area contributed by atoms with E-state index in [4.69, 9.17) is 9.26 Å². The Balaban J connectivity index is 1.58. The molecular formula is C17H16N4O2. The van der Waals surface area contributed by atoms with Crippen LogP contribution in [0.25, 0.3) is 11.4 Å². The van der Waals surface area contributed by atoms with Gasteiger partial charge in [-0.1, -0.05) is 17.3 Å². The number of ether oxygens (including phenoxy) is 1. The molecule has 23 heavy (non-hydrogen) atoms. The van der Waals surface area contributed by atoms with E-state index in [1.165, 1.54) is 0 Å². The van der Waals surface area contributed by atoms with Crippen LogP contribution < -0.4 is 9.64 Å². The topological polar surface area (TPSA) is 64.3 Å². The molecule has 0 saturated carbocycles. The monoisotopic (exact) mass is 308 g/mol. The zero-order chi connectivity index (χ0) is 15.5. The molecule has 1 aromatic carbocycles. The molecule has 0 radical (unpaired) electrons. The number of aromatic nitrogens is 3. The van der Waals surface area contributed by atoms with Gasteiger partial charge in [0.1, 0.15) is 5.75 Å². The van der Waals surface area contributed by atoms with Crippen molar-refractivity contribution in [2.75, 3.05) is 18.1 Å². The fraction of sp³-hybridized carbons (Fsp3) is 0.235. The highest BCUT2D eigenvalue weighted by Gasteiger charge is 2.19. The summed E-state index contributed by atoms with van der Waals surface area (Å²) in [5, 5.41) is 4.05. The summed E-state index contributed by atoms with van der Waals surface area (Å²) in [4.78, 5) is 10.8. The second kappa shape index (κ2) is 6.08. The van der Waals surface area contributed by atoms with E-state index in [9.17, 15) is 0 Å². The Morgan fingerprint density at radius 3 is 3.00 bits per heavy atom. The predicted molar refractivity (Wildman–Crippen MR) is 85.1 cm³/mol. The Bertz CT molecular complexity index is 788. The van der Waals surface area contributed by atoms with E-state index in [1.54, 1.807) is 12.4 Å². The molecule has 2 aromatic heterocycles. The molecule has 116 valence electrons. The lowest BCUT2D eigenvalue weighted by Crippen LogP contribution is -2.23. The zero-order valence-electron chi connectivity index (χ0n) is 12.6. The van der Waals surface area contributed by atoms with E-state index < -0.39 is 0 Å². The minimum Gasteiger partial charge on any atom is -0.491 e. The number of para-hydroxylation sites is 2. The molecule has 0 bridgehead atoms. The summed E-state index contributed by atoms with van der Waals surface area (Å²) in [6, 6.07) is 11.8. The highest BCUT2D eigenvalue weighted by Crippen LogP contribution is 2.31. The standard InChI is InChI=1S/C17H16N4O2/c1-2-7-15-14(6-1)21(9-4-10-22-15)12-16-19-17(20-23-16)13-5-3-8-18-11-13/h1-3,5-8,11H,4,9-10,12H2. The summed E-state index contributed by atoms with van der Waals surface area (Å²) < 4.78 is 11.2. The molecule has 3 heterocycles. The summed E-state index contributed by atoms with van der Waals surface area (Å²) in [6.45, 7) is 2.17. The number of rotatable bonds is 3. The van der Waals surface area contributed by atoms with Crippen molar-refractivity contribution in [1.82, 2.24) is 15.1 Å². The van der Waals surface area contributed by atoms with Crippen molar-refractivity contribution in [2.24, 2.45) is 0 Å². The van der Waals surface area contributed by atoms with Gasteiger partial charge in [-0.25, -0.2) is 0 Å². The van der Waals surface area contributed by atoms with Crippen LogP contribution in [0.2, 0.25) is 0 Å². The fourth-order valence-electron chi connectivity index (χ4n) is 2.66. The van der Waals surface area contributed by atoms with Gasteiger partial charge in [-0.2, -0.15) is 4.98 Å². The molecule has 0 aliphatic carbocycles. The van der Waals surface area contributed by atoms with Crippen molar-refractivity contribution in [1.29, 1.82) is 0 Å². The number of hydrogen-bond donors (Lipinski definition) is 0. The quantitative estimate of drug-likeness (QED) is 0.741. The maximum atomic E-state index is 5.77. The molecule has 6 nitrogen and oxygen atoms in total. The summed E-state index contributed by atoms with van der Waals surface area (Å²) >= 11 is 0. The van der Waals surface area contributed by atoms with E-state index in [2.05, 4.69) is 26.1 Å². The molecule has 1 aliphatic heterocycles. The number of benzene rings is 1. The fourth-order valence-corrected chi connectivity index (χ4v) is 2.66. The largest absolute Gasteiger partial charge is 0.491 e. The number of hydrogen-bond acceptors (Lipinski definition) is 6. The second-order valence-electron chi connectivity index (χ2n) is 5.34. The summed E-state index contributed by atoms with van der Waals surface area (Å²) in [7, 11) is 0. The van der Waals surface area contributed by atoms with Gasteiger partial charge in [-0.3, -0.25) is 4.98 Å². The van der Waals surface area contributed by atoms with Crippen molar-refractivity contribution in [3.63, 3.8) is 0 Å². The van der Waals surface area contributed by atoms with Crippen molar-refractivity contribution in [2.45, 2.75) is 13.0 Å². The van der Waals surface area contributed by atoms with Crippen LogP contribution in [0.4, 0.5) is 5.69 Å². The molecule has 0 amide bonds. The first-order chi connectivity index (χ1) is 11.4. The normalized spacial score (nSPS) is 14.0. The van der Waals surface area contributed by atoms with Crippen molar-refractivity contribution in [3.05, 3.63) is 54.7 Å². The van der Waals surface area contributed by atoms with Gasteiger partial charge in [0.15, 0.2) is 0 Å². The molecular weight excluding hydrogens is 292 g/mol. The Labute approximate surface area is 133 Å². The number of pyridine rings is 1. The van der Waals surface area contributed by atoms with E-state index in [1.807, 2.05) is 30.3 Å². The molecule has 0 fully saturated rings. The van der Waals surface area contributed by atoms with Crippen LogP contribution in [0.3, 0.4) is 0 Å². The van der Waals surface area contributed by atoms with Gasteiger partial charge >= 0.3 is 0 Å². The summed E-state index contributed by atoms with van der Waals surface area (Å²) in [6.07, 6.45) is 4.40. The minimum atomic E-state index is 0.562. The predicted octanol–water partition coefficient (Wildman–Crippen LogP) is 2.92. The molecule has 0 N–H and O–H groups in total. The molecule has 0 unspecified atom stereocenters. The smallest absolute Gasteiger partial charge is 0.246 e. The first-order valence-electron chi connectivity index (χ1n) is 7.60. The summed E-state index contributed by atoms with van der Waals surface area (Å²) in [5.41, 5.74) is 1.91. The maximum absolute atomic E-state index is 5.77. The van der Waals surface area contributed by atoms with E-state index in [-0.39, 0.29) is 0 Å². The second-order valence-corrected chi connectivity index (χ2v) is 5.34. The van der Waals surface area contributed by atoms with Gasteiger partial charge in [0.05, 0.1) is 18.8 Å². The third-order valence-corrected chi connectivity index (χ3v) is 3.75. The maximum Gasteiger partial charge on any atom is 0.246 e.